The van der Waals surface area contributed by atoms with Crippen molar-refractivity contribution in [2.24, 2.45) is 0 Å². The van der Waals surface area contributed by atoms with Crippen LogP contribution in [0.5, 0.6) is 0 Å². The van der Waals surface area contributed by atoms with E-state index in [2.05, 4.69) is 4.98 Å². The molecule has 0 spiro atoms. The molecule has 0 amide bonds. The predicted molar refractivity (Wildman–Crippen MR) is 73.0 cm³/mol. The van der Waals surface area contributed by atoms with E-state index < -0.39 is 0 Å². The summed E-state index contributed by atoms with van der Waals surface area (Å²) < 4.78 is 18.9. The molecule has 2 aromatic rings. The van der Waals surface area contributed by atoms with Gasteiger partial charge in [-0.15, -0.1) is 0 Å². The molecule has 2 N–H and O–H groups in total. The number of ether oxygens (including phenoxy) is 1. The van der Waals surface area contributed by atoms with E-state index in [-0.39, 0.29) is 12.4 Å². The molecule has 100 valence electrons. The lowest BCUT2D eigenvalue weighted by atomic mass is 10.1. The Morgan fingerprint density at radius 1 is 1.16 bits per heavy atom. The minimum Gasteiger partial charge on any atom is -0.399 e. The number of hydrogen-bond acceptors (Lipinski definition) is 3. The molecule has 0 aliphatic carbocycles. The van der Waals surface area contributed by atoms with Crippen molar-refractivity contribution in [1.29, 1.82) is 0 Å². The number of nitrogens with zero attached hydrogens (tertiary/aromatic N) is 1. The fourth-order valence-corrected chi connectivity index (χ4v) is 1.79. The van der Waals surface area contributed by atoms with Crippen LogP contribution in [0, 0.1) is 5.82 Å². The number of aryl methyl sites for hydroxylation is 1. The molecular weight excluding hydrogens is 243 g/mol. The van der Waals surface area contributed by atoms with Crippen LogP contribution in [0.25, 0.3) is 0 Å². The van der Waals surface area contributed by atoms with Gasteiger partial charge in [0.1, 0.15) is 5.82 Å². The lowest BCUT2D eigenvalue weighted by molar-refractivity contribution is 0.116. The van der Waals surface area contributed by atoms with Crippen LogP contribution >= 0.6 is 0 Å². The molecular formula is C15H17FN2O. The SMILES string of the molecule is Nc1ccc(COCCCc2ccncc2)c(F)c1. The predicted octanol–water partition coefficient (Wildman–Crippen LogP) is 2.95. The van der Waals surface area contributed by atoms with Crippen LogP contribution in [-0.4, -0.2) is 11.6 Å². The van der Waals surface area contributed by atoms with Crippen molar-refractivity contribution in [3.05, 3.63) is 59.7 Å². The van der Waals surface area contributed by atoms with E-state index in [1.807, 2.05) is 12.1 Å². The Labute approximate surface area is 112 Å². The van der Waals surface area contributed by atoms with Gasteiger partial charge in [0.25, 0.3) is 0 Å². The summed E-state index contributed by atoms with van der Waals surface area (Å²) in [5.74, 6) is -0.311. The first-order chi connectivity index (χ1) is 9.25. The fraction of sp³-hybridized carbons (Fsp3) is 0.267. The number of rotatable bonds is 6. The number of nitrogen functional groups attached to an aromatic ring is 1. The smallest absolute Gasteiger partial charge is 0.130 e. The van der Waals surface area contributed by atoms with Crippen molar-refractivity contribution in [3.8, 4) is 0 Å². The maximum Gasteiger partial charge on any atom is 0.130 e. The number of aromatic nitrogens is 1. The molecule has 2 rings (SSSR count). The third-order valence-corrected chi connectivity index (χ3v) is 2.84. The molecule has 1 heterocycles. The van der Waals surface area contributed by atoms with Crippen molar-refractivity contribution < 1.29 is 9.13 Å². The average Bonchev–Trinajstić information content (AvgIpc) is 2.42. The van der Waals surface area contributed by atoms with Crippen LogP contribution in [0.2, 0.25) is 0 Å². The summed E-state index contributed by atoms with van der Waals surface area (Å²) in [6, 6.07) is 8.63. The van der Waals surface area contributed by atoms with Crippen molar-refractivity contribution in [3.63, 3.8) is 0 Å². The van der Waals surface area contributed by atoms with Crippen molar-refractivity contribution >= 4 is 5.69 Å². The molecule has 0 bridgehead atoms. The van der Waals surface area contributed by atoms with E-state index in [4.69, 9.17) is 10.5 Å². The lowest BCUT2D eigenvalue weighted by Crippen LogP contribution is -2.00. The first-order valence-corrected chi connectivity index (χ1v) is 6.26. The summed E-state index contributed by atoms with van der Waals surface area (Å²) in [5.41, 5.74) is 7.69. The first-order valence-electron chi connectivity index (χ1n) is 6.26. The molecule has 4 heteroatoms. The van der Waals surface area contributed by atoms with Crippen LogP contribution in [0.4, 0.5) is 10.1 Å². The zero-order valence-electron chi connectivity index (χ0n) is 10.7. The zero-order chi connectivity index (χ0) is 13.5. The molecule has 19 heavy (non-hydrogen) atoms. The van der Waals surface area contributed by atoms with E-state index in [0.717, 1.165) is 12.8 Å². The highest BCUT2D eigenvalue weighted by atomic mass is 19.1. The minimum absolute atomic E-state index is 0.280. The summed E-state index contributed by atoms with van der Waals surface area (Å²) in [6.07, 6.45) is 5.40. The number of pyridine rings is 1. The molecule has 3 nitrogen and oxygen atoms in total. The molecule has 0 atom stereocenters. The second-order valence-electron chi connectivity index (χ2n) is 4.36. The van der Waals surface area contributed by atoms with Gasteiger partial charge >= 0.3 is 0 Å². The summed E-state index contributed by atoms with van der Waals surface area (Å²) in [7, 11) is 0. The van der Waals surface area contributed by atoms with E-state index in [1.165, 1.54) is 11.6 Å². The van der Waals surface area contributed by atoms with Gasteiger partial charge in [-0.05, 0) is 42.7 Å². The van der Waals surface area contributed by atoms with Gasteiger partial charge in [0.05, 0.1) is 6.61 Å². The van der Waals surface area contributed by atoms with Crippen LogP contribution in [0.3, 0.4) is 0 Å². The Kier molecular flexibility index (Phi) is 4.86. The molecule has 0 saturated heterocycles. The number of halogens is 1. The zero-order valence-corrected chi connectivity index (χ0v) is 10.7. The van der Waals surface area contributed by atoms with Crippen molar-refractivity contribution in [2.75, 3.05) is 12.3 Å². The largest absolute Gasteiger partial charge is 0.399 e. The summed E-state index contributed by atoms with van der Waals surface area (Å²) >= 11 is 0. The van der Waals surface area contributed by atoms with E-state index >= 15 is 0 Å². The van der Waals surface area contributed by atoms with Crippen LogP contribution in [-0.2, 0) is 17.8 Å². The van der Waals surface area contributed by atoms with Crippen LogP contribution in [0.15, 0.2) is 42.7 Å². The topological polar surface area (TPSA) is 48.1 Å². The molecule has 0 saturated carbocycles. The molecule has 0 aliphatic heterocycles. The van der Waals surface area contributed by atoms with Gasteiger partial charge in [0.2, 0.25) is 0 Å². The monoisotopic (exact) mass is 260 g/mol. The number of hydrogen-bond donors (Lipinski definition) is 1. The van der Waals surface area contributed by atoms with E-state index in [9.17, 15) is 4.39 Å². The second-order valence-corrected chi connectivity index (χ2v) is 4.36. The Balaban J connectivity index is 1.69. The van der Waals surface area contributed by atoms with Gasteiger partial charge in [0, 0.05) is 30.3 Å². The highest BCUT2D eigenvalue weighted by Crippen LogP contribution is 2.13. The van der Waals surface area contributed by atoms with Gasteiger partial charge in [-0.25, -0.2) is 4.39 Å². The number of nitrogens with two attached hydrogens (primary N) is 1. The maximum atomic E-state index is 13.5. The molecule has 0 aliphatic rings. The first kappa shape index (κ1) is 13.5. The number of anilines is 1. The number of benzene rings is 1. The summed E-state index contributed by atoms with van der Waals surface area (Å²) in [4.78, 5) is 3.96. The van der Waals surface area contributed by atoms with E-state index in [1.54, 1.807) is 24.5 Å². The summed E-state index contributed by atoms with van der Waals surface area (Å²) in [6.45, 7) is 0.884. The molecule has 1 aromatic heterocycles. The van der Waals surface area contributed by atoms with Gasteiger partial charge < -0.3 is 10.5 Å². The van der Waals surface area contributed by atoms with Gasteiger partial charge in [0.15, 0.2) is 0 Å². The molecule has 0 radical (unpaired) electrons. The van der Waals surface area contributed by atoms with Crippen LogP contribution < -0.4 is 5.73 Å². The molecule has 0 fully saturated rings. The maximum absolute atomic E-state index is 13.5. The van der Waals surface area contributed by atoms with Gasteiger partial charge in [-0.1, -0.05) is 6.07 Å². The average molecular weight is 260 g/mol. The molecule has 0 unspecified atom stereocenters. The summed E-state index contributed by atoms with van der Waals surface area (Å²) in [5, 5.41) is 0. The Hall–Kier alpha value is -1.94. The van der Waals surface area contributed by atoms with E-state index in [0.29, 0.717) is 17.9 Å². The minimum atomic E-state index is -0.311. The normalized spacial score (nSPS) is 10.6. The quantitative estimate of drug-likeness (QED) is 0.641. The Morgan fingerprint density at radius 3 is 2.68 bits per heavy atom. The second kappa shape index (κ2) is 6.85. The fourth-order valence-electron chi connectivity index (χ4n) is 1.79. The third kappa shape index (κ3) is 4.34. The molecule has 1 aromatic carbocycles. The third-order valence-electron chi connectivity index (χ3n) is 2.84. The Morgan fingerprint density at radius 2 is 1.95 bits per heavy atom. The van der Waals surface area contributed by atoms with Crippen molar-refractivity contribution in [1.82, 2.24) is 4.98 Å². The standard InChI is InChI=1S/C15H17FN2O/c16-15-10-14(17)4-3-13(15)11-19-9-1-2-12-5-7-18-8-6-12/h3-8,10H,1-2,9,11,17H2. The Bertz CT molecular complexity index is 517. The highest BCUT2D eigenvalue weighted by molar-refractivity contribution is 5.40. The highest BCUT2D eigenvalue weighted by Gasteiger charge is 2.02. The van der Waals surface area contributed by atoms with Crippen LogP contribution in [0.1, 0.15) is 17.5 Å². The van der Waals surface area contributed by atoms with Gasteiger partial charge in [-0.3, -0.25) is 4.98 Å². The van der Waals surface area contributed by atoms with Gasteiger partial charge in [-0.2, -0.15) is 0 Å². The lowest BCUT2D eigenvalue weighted by Gasteiger charge is -2.06. The van der Waals surface area contributed by atoms with Crippen molar-refractivity contribution in [2.45, 2.75) is 19.4 Å².